The summed E-state index contributed by atoms with van der Waals surface area (Å²) in [6.07, 6.45) is 1.07. The number of thiophene rings is 1. The van der Waals surface area contributed by atoms with Crippen LogP contribution in [0.5, 0.6) is 0 Å². The Bertz CT molecular complexity index is 1570. The van der Waals surface area contributed by atoms with E-state index in [-0.39, 0.29) is 33.6 Å². The van der Waals surface area contributed by atoms with Crippen LogP contribution in [-0.4, -0.2) is 36.9 Å². The zero-order valence-corrected chi connectivity index (χ0v) is 22.3. The van der Waals surface area contributed by atoms with E-state index in [1.165, 1.54) is 0 Å². The molecule has 0 saturated heterocycles. The van der Waals surface area contributed by atoms with Gasteiger partial charge in [-0.15, -0.1) is 11.3 Å². The molecule has 0 aliphatic carbocycles. The topological polar surface area (TPSA) is 115 Å². The van der Waals surface area contributed by atoms with E-state index < -0.39 is 26.9 Å². The Hall–Kier alpha value is -3.60. The Morgan fingerprint density at radius 3 is 2.57 bits per heavy atom. The van der Waals surface area contributed by atoms with Crippen molar-refractivity contribution in [3.8, 4) is 11.1 Å². The maximum Gasteiger partial charge on any atom is 0.341 e. The molecule has 0 atom stereocenters. The number of hydrogen-bond acceptors (Lipinski definition) is 8. The van der Waals surface area contributed by atoms with E-state index >= 15 is 0 Å². The molecule has 0 saturated carbocycles. The number of aryl methyl sites for hydroxylation is 1. The molecule has 0 spiro atoms. The number of anilines is 1. The number of esters is 1. The van der Waals surface area contributed by atoms with Crippen LogP contribution in [0.1, 0.15) is 38.9 Å². The van der Waals surface area contributed by atoms with E-state index in [9.17, 15) is 18.0 Å². The molecule has 11 heteroatoms. The first-order valence-electron chi connectivity index (χ1n) is 11.2. The second-order valence-electron chi connectivity index (χ2n) is 7.99. The molecule has 0 aliphatic heterocycles. The van der Waals surface area contributed by atoms with Gasteiger partial charge in [0.1, 0.15) is 10.6 Å². The van der Waals surface area contributed by atoms with Crippen LogP contribution >= 0.6 is 22.9 Å². The number of carbonyl (C=O) groups excluding carboxylic acids is 2. The highest BCUT2D eigenvalue weighted by Gasteiger charge is 2.26. The number of benzene rings is 2. The van der Waals surface area contributed by atoms with Crippen LogP contribution in [0.25, 0.3) is 11.1 Å². The summed E-state index contributed by atoms with van der Waals surface area (Å²) in [5.74, 6) is -1.73. The van der Waals surface area contributed by atoms with Crippen molar-refractivity contribution in [2.45, 2.75) is 24.8 Å². The van der Waals surface area contributed by atoms with Crippen LogP contribution < -0.4 is 5.32 Å². The molecule has 37 heavy (non-hydrogen) atoms. The molecule has 0 fully saturated rings. The summed E-state index contributed by atoms with van der Waals surface area (Å²) in [4.78, 5) is 33.8. The zero-order chi connectivity index (χ0) is 26.6. The van der Waals surface area contributed by atoms with Gasteiger partial charge in [0.2, 0.25) is 15.0 Å². The molecule has 4 aromatic rings. The van der Waals surface area contributed by atoms with Crippen molar-refractivity contribution in [2.24, 2.45) is 0 Å². The maximum absolute atomic E-state index is 13.2. The lowest BCUT2D eigenvalue weighted by Gasteiger charge is -2.10. The van der Waals surface area contributed by atoms with Crippen molar-refractivity contribution in [1.29, 1.82) is 0 Å². The lowest BCUT2D eigenvalue weighted by Crippen LogP contribution is -2.19. The smallest absolute Gasteiger partial charge is 0.341 e. The van der Waals surface area contributed by atoms with E-state index in [1.54, 1.807) is 30.5 Å². The number of amides is 1. The molecule has 0 unspecified atom stereocenters. The molecule has 1 N–H and O–H groups in total. The van der Waals surface area contributed by atoms with E-state index in [1.807, 2.05) is 43.3 Å². The van der Waals surface area contributed by atoms with Crippen LogP contribution in [0.2, 0.25) is 5.02 Å². The van der Waals surface area contributed by atoms with E-state index in [0.717, 1.165) is 28.7 Å². The van der Waals surface area contributed by atoms with Gasteiger partial charge in [-0.2, -0.15) is 0 Å². The number of sulfone groups is 1. The molecule has 0 radical (unpaired) electrons. The monoisotopic (exact) mass is 555 g/mol. The molecule has 1 amide bonds. The Morgan fingerprint density at radius 2 is 1.86 bits per heavy atom. The third-order valence-corrected chi connectivity index (χ3v) is 7.88. The summed E-state index contributed by atoms with van der Waals surface area (Å²) >= 11 is 7.30. The van der Waals surface area contributed by atoms with Gasteiger partial charge in [0.25, 0.3) is 5.91 Å². The molecule has 190 valence electrons. The van der Waals surface area contributed by atoms with Gasteiger partial charge in [0, 0.05) is 10.9 Å². The quantitative estimate of drug-likeness (QED) is 0.223. The van der Waals surface area contributed by atoms with Gasteiger partial charge in [-0.05, 0) is 25.0 Å². The number of nitrogens with zero attached hydrogens (tertiary/aromatic N) is 2. The summed E-state index contributed by atoms with van der Waals surface area (Å²) in [5, 5.41) is 3.94. The standard InChI is InChI=1S/C26H22ClN3O5S2/c1-3-35-25(32)21-19(18-10-5-4-6-11-18)14-36-24(21)30-23(31)22-20(27)13-28-26(29-22)37(33,34)15-17-9-7-8-16(2)12-17/h4-14H,3,15H2,1-2H3,(H,30,31). The van der Waals surface area contributed by atoms with Gasteiger partial charge in [-0.25, -0.2) is 23.2 Å². The minimum absolute atomic E-state index is 0.135. The number of rotatable bonds is 8. The first-order chi connectivity index (χ1) is 17.7. The highest BCUT2D eigenvalue weighted by molar-refractivity contribution is 7.90. The summed E-state index contributed by atoms with van der Waals surface area (Å²) in [7, 11) is -3.97. The molecular weight excluding hydrogens is 534 g/mol. The third kappa shape index (κ3) is 6.04. The van der Waals surface area contributed by atoms with Gasteiger partial charge in [0.05, 0.1) is 23.6 Å². The second kappa shape index (κ2) is 11.2. The lowest BCUT2D eigenvalue weighted by molar-refractivity contribution is 0.0529. The molecule has 4 rings (SSSR count). The highest BCUT2D eigenvalue weighted by atomic mass is 35.5. The van der Waals surface area contributed by atoms with Crippen LogP contribution in [0.3, 0.4) is 0 Å². The largest absolute Gasteiger partial charge is 0.462 e. The number of carbonyl (C=O) groups is 2. The predicted octanol–water partition coefficient (Wildman–Crippen LogP) is 5.57. The fraction of sp³-hybridized carbons (Fsp3) is 0.154. The van der Waals surface area contributed by atoms with Crippen molar-refractivity contribution in [1.82, 2.24) is 9.97 Å². The molecule has 0 bridgehead atoms. The molecule has 2 aromatic heterocycles. The van der Waals surface area contributed by atoms with Crippen molar-refractivity contribution < 1.29 is 22.7 Å². The van der Waals surface area contributed by atoms with E-state index in [2.05, 4.69) is 15.3 Å². The normalized spacial score (nSPS) is 11.2. The second-order valence-corrected chi connectivity index (χ2v) is 11.2. The highest BCUT2D eigenvalue weighted by Crippen LogP contribution is 2.36. The maximum atomic E-state index is 13.2. The molecule has 0 aliphatic rings. The first kappa shape index (κ1) is 26.5. The molecule has 2 aromatic carbocycles. The molecule has 8 nitrogen and oxygen atoms in total. The Labute approximate surface area is 223 Å². The minimum atomic E-state index is -3.97. The Balaban J connectivity index is 1.66. The van der Waals surface area contributed by atoms with Crippen LogP contribution in [-0.2, 0) is 20.3 Å². The van der Waals surface area contributed by atoms with E-state index in [4.69, 9.17) is 16.3 Å². The number of halogens is 1. The van der Waals surface area contributed by atoms with Gasteiger partial charge in [-0.3, -0.25) is 4.79 Å². The number of nitrogens with one attached hydrogen (secondary N) is 1. The van der Waals surface area contributed by atoms with Crippen molar-refractivity contribution in [2.75, 3.05) is 11.9 Å². The fourth-order valence-electron chi connectivity index (χ4n) is 3.59. The van der Waals surface area contributed by atoms with E-state index in [0.29, 0.717) is 11.1 Å². The molecular formula is C26H22ClN3O5S2. The molecule has 2 heterocycles. The third-order valence-electron chi connectivity index (χ3n) is 5.24. The predicted molar refractivity (Wildman–Crippen MR) is 143 cm³/mol. The van der Waals surface area contributed by atoms with Gasteiger partial charge < -0.3 is 10.1 Å². The Morgan fingerprint density at radius 1 is 1.11 bits per heavy atom. The average Bonchev–Trinajstić information content (AvgIpc) is 3.28. The van der Waals surface area contributed by atoms with Gasteiger partial charge in [0.15, 0.2) is 5.69 Å². The van der Waals surface area contributed by atoms with Gasteiger partial charge in [-0.1, -0.05) is 71.8 Å². The zero-order valence-electron chi connectivity index (χ0n) is 19.9. The van der Waals surface area contributed by atoms with Crippen molar-refractivity contribution in [3.05, 3.63) is 93.6 Å². The average molecular weight is 556 g/mol. The summed E-state index contributed by atoms with van der Waals surface area (Å²) < 4.78 is 31.2. The minimum Gasteiger partial charge on any atom is -0.462 e. The number of ether oxygens (including phenoxy) is 1. The van der Waals surface area contributed by atoms with Gasteiger partial charge >= 0.3 is 5.97 Å². The number of hydrogen-bond donors (Lipinski definition) is 1. The summed E-state index contributed by atoms with van der Waals surface area (Å²) in [6.45, 7) is 3.69. The summed E-state index contributed by atoms with van der Waals surface area (Å²) in [6, 6.07) is 16.2. The fourth-order valence-corrected chi connectivity index (χ4v) is 5.91. The van der Waals surface area contributed by atoms with Crippen molar-refractivity contribution >= 4 is 49.7 Å². The Kier molecular flexibility index (Phi) is 8.01. The lowest BCUT2D eigenvalue weighted by atomic mass is 10.0. The van der Waals surface area contributed by atoms with Crippen molar-refractivity contribution in [3.63, 3.8) is 0 Å². The first-order valence-corrected chi connectivity index (χ1v) is 14.1. The number of aromatic nitrogens is 2. The summed E-state index contributed by atoms with van der Waals surface area (Å²) in [5.41, 5.74) is 2.69. The SMILES string of the molecule is CCOC(=O)c1c(-c2ccccc2)csc1NC(=O)c1nc(S(=O)(=O)Cc2cccc(C)c2)ncc1Cl. The van der Waals surface area contributed by atoms with Crippen LogP contribution in [0.15, 0.2) is 71.3 Å². The van der Waals surface area contributed by atoms with Crippen LogP contribution in [0, 0.1) is 6.92 Å². The van der Waals surface area contributed by atoms with Crippen LogP contribution in [0.4, 0.5) is 5.00 Å².